The van der Waals surface area contributed by atoms with Crippen LogP contribution in [0, 0.1) is 0 Å². The first-order valence-corrected chi connectivity index (χ1v) is 7.01. The Hall–Kier alpha value is -0.690. The summed E-state index contributed by atoms with van der Waals surface area (Å²) in [5.41, 5.74) is 1.09. The Morgan fingerprint density at radius 3 is 2.72 bits per heavy atom. The molecule has 0 fully saturated rings. The zero-order valence-electron chi connectivity index (χ0n) is 11.4. The Bertz CT molecular complexity index is 320. The van der Waals surface area contributed by atoms with Crippen LogP contribution in [0.5, 0.6) is 0 Å². The highest BCUT2D eigenvalue weighted by atomic mass is 32.1. The van der Waals surface area contributed by atoms with E-state index >= 15 is 0 Å². The van der Waals surface area contributed by atoms with Crippen molar-refractivity contribution in [1.82, 2.24) is 10.3 Å². The Labute approximate surface area is 113 Å². The van der Waals surface area contributed by atoms with Gasteiger partial charge in [0, 0.05) is 45.8 Å². The summed E-state index contributed by atoms with van der Waals surface area (Å²) < 4.78 is 10.2. The van der Waals surface area contributed by atoms with E-state index in [1.165, 1.54) is 0 Å². The number of methoxy groups -OCH3 is 2. The predicted octanol–water partition coefficient (Wildman–Crippen LogP) is 1.35. The molecule has 18 heavy (non-hydrogen) atoms. The van der Waals surface area contributed by atoms with Gasteiger partial charge in [0.15, 0.2) is 5.13 Å². The van der Waals surface area contributed by atoms with Crippen LogP contribution in [0.15, 0.2) is 5.38 Å². The second-order valence-corrected chi connectivity index (χ2v) is 4.81. The number of nitrogens with zero attached hydrogens (tertiary/aromatic N) is 2. The number of hydrogen-bond donors (Lipinski definition) is 1. The topological polar surface area (TPSA) is 46.6 Å². The molecule has 5 nitrogen and oxygen atoms in total. The van der Waals surface area contributed by atoms with Crippen molar-refractivity contribution in [2.45, 2.75) is 13.0 Å². The van der Waals surface area contributed by atoms with E-state index < -0.39 is 0 Å². The SMILES string of the molecule is CNCc1csc(N(CCCOC)CCOC)n1. The number of rotatable bonds is 10. The Morgan fingerprint density at radius 1 is 1.28 bits per heavy atom. The molecule has 0 atom stereocenters. The van der Waals surface area contributed by atoms with Crippen molar-refractivity contribution in [2.75, 3.05) is 52.5 Å². The summed E-state index contributed by atoms with van der Waals surface area (Å²) in [4.78, 5) is 6.87. The summed E-state index contributed by atoms with van der Waals surface area (Å²) in [7, 11) is 5.38. The number of aromatic nitrogens is 1. The fourth-order valence-electron chi connectivity index (χ4n) is 1.61. The van der Waals surface area contributed by atoms with Gasteiger partial charge in [0.25, 0.3) is 0 Å². The molecule has 1 N–H and O–H groups in total. The average Bonchev–Trinajstić information content (AvgIpc) is 2.82. The van der Waals surface area contributed by atoms with Crippen molar-refractivity contribution in [3.63, 3.8) is 0 Å². The van der Waals surface area contributed by atoms with Gasteiger partial charge in [-0.05, 0) is 13.5 Å². The van der Waals surface area contributed by atoms with E-state index in [1.54, 1.807) is 25.6 Å². The van der Waals surface area contributed by atoms with Crippen molar-refractivity contribution in [1.29, 1.82) is 0 Å². The molecule has 1 aromatic rings. The lowest BCUT2D eigenvalue weighted by molar-refractivity contribution is 0.191. The van der Waals surface area contributed by atoms with Crippen molar-refractivity contribution in [3.05, 3.63) is 11.1 Å². The number of hydrogen-bond acceptors (Lipinski definition) is 6. The third kappa shape index (κ3) is 5.30. The van der Waals surface area contributed by atoms with E-state index in [9.17, 15) is 0 Å². The largest absolute Gasteiger partial charge is 0.385 e. The third-order valence-electron chi connectivity index (χ3n) is 2.51. The molecule has 1 aromatic heterocycles. The van der Waals surface area contributed by atoms with E-state index in [4.69, 9.17) is 9.47 Å². The van der Waals surface area contributed by atoms with Crippen LogP contribution in [0.4, 0.5) is 5.13 Å². The maximum Gasteiger partial charge on any atom is 0.185 e. The fraction of sp³-hybridized carbons (Fsp3) is 0.750. The summed E-state index contributed by atoms with van der Waals surface area (Å²) in [6.45, 7) is 4.12. The highest BCUT2D eigenvalue weighted by Crippen LogP contribution is 2.20. The zero-order valence-corrected chi connectivity index (χ0v) is 12.3. The minimum Gasteiger partial charge on any atom is -0.385 e. The minimum atomic E-state index is 0.716. The van der Waals surface area contributed by atoms with Gasteiger partial charge in [-0.1, -0.05) is 0 Å². The van der Waals surface area contributed by atoms with Crippen molar-refractivity contribution in [3.8, 4) is 0 Å². The van der Waals surface area contributed by atoms with Crippen LogP contribution in [0.25, 0.3) is 0 Å². The molecule has 0 aliphatic heterocycles. The lowest BCUT2D eigenvalue weighted by Gasteiger charge is -2.21. The van der Waals surface area contributed by atoms with Gasteiger partial charge in [-0.3, -0.25) is 0 Å². The lowest BCUT2D eigenvalue weighted by atomic mass is 10.4. The summed E-state index contributed by atoms with van der Waals surface area (Å²) in [6, 6.07) is 0. The van der Waals surface area contributed by atoms with E-state index in [0.717, 1.165) is 43.5 Å². The van der Waals surface area contributed by atoms with Crippen LogP contribution in [0.1, 0.15) is 12.1 Å². The van der Waals surface area contributed by atoms with Crippen LogP contribution in [0.3, 0.4) is 0 Å². The van der Waals surface area contributed by atoms with Crippen LogP contribution in [0.2, 0.25) is 0 Å². The highest BCUT2D eigenvalue weighted by Gasteiger charge is 2.10. The molecule has 0 aliphatic carbocycles. The molecule has 0 aliphatic rings. The van der Waals surface area contributed by atoms with Gasteiger partial charge in [-0.2, -0.15) is 0 Å². The molecule has 1 rings (SSSR count). The highest BCUT2D eigenvalue weighted by molar-refractivity contribution is 7.13. The monoisotopic (exact) mass is 273 g/mol. The van der Waals surface area contributed by atoms with E-state index in [1.807, 2.05) is 7.05 Å². The van der Waals surface area contributed by atoms with E-state index in [-0.39, 0.29) is 0 Å². The normalized spacial score (nSPS) is 10.8. The number of ether oxygens (including phenoxy) is 2. The molecule has 0 unspecified atom stereocenters. The molecule has 0 spiro atoms. The molecular weight excluding hydrogens is 250 g/mol. The van der Waals surface area contributed by atoms with Crippen molar-refractivity contribution in [2.24, 2.45) is 0 Å². The lowest BCUT2D eigenvalue weighted by Crippen LogP contribution is -2.29. The molecule has 0 bridgehead atoms. The van der Waals surface area contributed by atoms with Crippen LogP contribution >= 0.6 is 11.3 Å². The molecule has 0 amide bonds. The predicted molar refractivity (Wildman–Crippen MR) is 75.5 cm³/mol. The van der Waals surface area contributed by atoms with Gasteiger partial charge in [0.05, 0.1) is 12.3 Å². The summed E-state index contributed by atoms with van der Waals surface area (Å²) in [5, 5.41) is 6.28. The maximum absolute atomic E-state index is 5.15. The fourth-order valence-corrected chi connectivity index (χ4v) is 2.49. The number of anilines is 1. The van der Waals surface area contributed by atoms with Gasteiger partial charge < -0.3 is 19.7 Å². The average molecular weight is 273 g/mol. The minimum absolute atomic E-state index is 0.716. The standard InChI is InChI=1S/C12H23N3O2S/c1-13-9-11-10-18-12(14-11)15(6-8-17-3)5-4-7-16-2/h10,13H,4-9H2,1-3H3. The first kappa shape index (κ1) is 15.4. The third-order valence-corrected chi connectivity index (χ3v) is 3.46. The van der Waals surface area contributed by atoms with Crippen molar-refractivity contribution < 1.29 is 9.47 Å². The van der Waals surface area contributed by atoms with Crippen LogP contribution in [-0.2, 0) is 16.0 Å². The molecule has 104 valence electrons. The number of nitrogens with one attached hydrogen (secondary N) is 1. The number of thiazole rings is 1. The summed E-state index contributed by atoms with van der Waals surface area (Å²) >= 11 is 1.68. The second kappa shape index (κ2) is 9.27. The van der Waals surface area contributed by atoms with E-state index in [2.05, 4.69) is 20.6 Å². The molecule has 0 saturated heterocycles. The zero-order chi connectivity index (χ0) is 13.2. The van der Waals surface area contributed by atoms with Crippen molar-refractivity contribution >= 4 is 16.5 Å². The van der Waals surface area contributed by atoms with E-state index in [0.29, 0.717) is 6.61 Å². The van der Waals surface area contributed by atoms with Gasteiger partial charge in [0.1, 0.15) is 0 Å². The molecule has 0 radical (unpaired) electrons. The summed E-state index contributed by atoms with van der Waals surface area (Å²) in [6.07, 6.45) is 1.00. The molecule has 0 saturated carbocycles. The molecule has 1 heterocycles. The first-order valence-electron chi connectivity index (χ1n) is 6.13. The second-order valence-electron chi connectivity index (χ2n) is 3.98. The molecular formula is C12H23N3O2S. The summed E-state index contributed by atoms with van der Waals surface area (Å²) in [5.74, 6) is 0. The van der Waals surface area contributed by atoms with Crippen LogP contribution in [-0.4, -0.2) is 52.6 Å². The smallest absolute Gasteiger partial charge is 0.185 e. The van der Waals surface area contributed by atoms with Gasteiger partial charge in [-0.15, -0.1) is 11.3 Å². The Balaban J connectivity index is 2.55. The van der Waals surface area contributed by atoms with Gasteiger partial charge >= 0.3 is 0 Å². The maximum atomic E-state index is 5.15. The quantitative estimate of drug-likeness (QED) is 0.652. The Kier molecular flexibility index (Phi) is 7.91. The van der Waals surface area contributed by atoms with Gasteiger partial charge in [-0.25, -0.2) is 4.98 Å². The van der Waals surface area contributed by atoms with Gasteiger partial charge in [0.2, 0.25) is 0 Å². The first-order chi connectivity index (χ1) is 8.81. The molecule has 6 heteroatoms. The van der Waals surface area contributed by atoms with Crippen LogP contribution < -0.4 is 10.2 Å². The Morgan fingerprint density at radius 2 is 2.06 bits per heavy atom. The molecule has 0 aromatic carbocycles.